The largest absolute Gasteiger partial charge is 0.309 e. The van der Waals surface area contributed by atoms with Crippen molar-refractivity contribution in [2.24, 2.45) is 0 Å². The van der Waals surface area contributed by atoms with Gasteiger partial charge in [-0.15, -0.1) is 0 Å². The van der Waals surface area contributed by atoms with Crippen molar-refractivity contribution < 1.29 is 9.13 Å². The molecule has 0 heterocycles. The highest BCUT2D eigenvalue weighted by molar-refractivity contribution is 7.85. The van der Waals surface area contributed by atoms with Gasteiger partial charge in [-0.3, -0.25) is 0 Å². The van der Waals surface area contributed by atoms with E-state index in [0.717, 1.165) is 76.4 Å². The van der Waals surface area contributed by atoms with Gasteiger partial charge in [0.2, 0.25) is 0 Å². The summed E-state index contributed by atoms with van der Waals surface area (Å²) in [4.78, 5) is 0. The van der Waals surface area contributed by atoms with Gasteiger partial charge in [-0.25, -0.2) is 0 Å². The van der Waals surface area contributed by atoms with Crippen LogP contribution in [0.25, 0.3) is 23.3 Å². The van der Waals surface area contributed by atoms with Gasteiger partial charge in [0.25, 0.3) is 0 Å². The highest BCUT2D eigenvalue weighted by Crippen LogP contribution is 2.44. The molecule has 0 saturated carbocycles. The quantitative estimate of drug-likeness (QED) is 0.0903. The van der Waals surface area contributed by atoms with E-state index in [4.69, 9.17) is 46.4 Å². The molecule has 72 heavy (non-hydrogen) atoms. The average Bonchev–Trinajstić information content (AvgIpc) is 3.44. The third-order valence-corrected chi connectivity index (χ3v) is 19.4. The molecule has 0 amide bonds. The van der Waals surface area contributed by atoms with Gasteiger partial charge in [-0.1, -0.05) is 265 Å². The molecule has 8 heteroatoms. The van der Waals surface area contributed by atoms with E-state index in [1.165, 1.54) is 0 Å². The lowest BCUT2D eigenvalue weighted by atomic mass is 9.96. The fourth-order valence-electron chi connectivity index (χ4n) is 8.52. The highest BCUT2D eigenvalue weighted by atomic mass is 35.5. The summed E-state index contributed by atoms with van der Waals surface area (Å²) in [6.45, 7) is 0. The first-order valence-electron chi connectivity index (χ1n) is 23.2. The molecule has 0 bridgehead atoms. The van der Waals surface area contributed by atoms with Crippen LogP contribution in [0.4, 0.5) is 0 Å². The summed E-state index contributed by atoms with van der Waals surface area (Å²) in [5.41, 5.74) is 8.29. The van der Waals surface area contributed by atoms with Crippen LogP contribution >= 0.6 is 60.7 Å². The molecule has 10 rings (SSSR count). The number of hydrogen-bond donors (Lipinski definition) is 0. The topological polar surface area (TPSA) is 34.1 Å². The van der Waals surface area contributed by atoms with Crippen LogP contribution in [0.5, 0.6) is 0 Å². The smallest absolute Gasteiger partial charge is 0.171 e. The van der Waals surface area contributed by atoms with Crippen LogP contribution in [0, 0.1) is 0 Å². The van der Waals surface area contributed by atoms with E-state index in [1.807, 2.05) is 267 Å². The first kappa shape index (κ1) is 50.2. The predicted molar refractivity (Wildman–Crippen MR) is 311 cm³/mol. The number of rotatable bonds is 12. The normalized spacial score (nSPS) is 11.2. The predicted octanol–water partition coefficient (Wildman–Crippen LogP) is 16.4. The van der Waals surface area contributed by atoms with E-state index < -0.39 is 14.3 Å². The fraction of sp³-hybridized carbons (Fsp3) is 0. The molecule has 0 fully saturated rings. The molecular weight excluding hydrogens is 1000 g/mol. The number of hydrogen-bond acceptors (Lipinski definition) is 2. The zero-order chi connectivity index (χ0) is 49.9. The monoisotopic (exact) mass is 1050 g/mol. The Bertz CT molecular complexity index is 3110. The molecule has 10 aromatic rings. The maximum atomic E-state index is 14.6. The van der Waals surface area contributed by atoms with E-state index in [9.17, 15) is 9.13 Å². The second-order valence-corrected chi connectivity index (χ2v) is 24.2. The summed E-state index contributed by atoms with van der Waals surface area (Å²) < 4.78 is 29.2. The molecular formula is C64H46Cl4O2P2. The van der Waals surface area contributed by atoms with Crippen LogP contribution in [0.2, 0.25) is 20.1 Å². The third kappa shape index (κ3) is 11.6. The van der Waals surface area contributed by atoms with Crippen LogP contribution in [0.1, 0.15) is 33.4 Å². The lowest BCUT2D eigenvalue weighted by Crippen LogP contribution is -2.24. The minimum atomic E-state index is -3.01. The molecule has 0 unspecified atom stereocenters. The van der Waals surface area contributed by atoms with Gasteiger partial charge >= 0.3 is 0 Å². The maximum absolute atomic E-state index is 14.6. The molecule has 2 nitrogen and oxygen atoms in total. The van der Waals surface area contributed by atoms with E-state index >= 15 is 0 Å². The molecule has 0 aliphatic carbocycles. The zero-order valence-corrected chi connectivity index (χ0v) is 43.6. The summed E-state index contributed by atoms with van der Waals surface area (Å²) in [6, 6.07) is 86.1. The van der Waals surface area contributed by atoms with Gasteiger partial charge in [0.1, 0.15) is 0 Å². The average molecular weight is 1050 g/mol. The molecule has 0 spiro atoms. The lowest BCUT2D eigenvalue weighted by Gasteiger charge is -2.20. The Morgan fingerprint density at radius 3 is 0.653 bits per heavy atom. The van der Waals surface area contributed by atoms with Gasteiger partial charge < -0.3 is 9.13 Å². The maximum Gasteiger partial charge on any atom is 0.171 e. The van der Waals surface area contributed by atoms with Crippen LogP contribution in [0.15, 0.2) is 267 Å². The van der Waals surface area contributed by atoms with Gasteiger partial charge in [0, 0.05) is 51.9 Å². The van der Waals surface area contributed by atoms with Gasteiger partial charge in [-0.2, -0.15) is 0 Å². The van der Waals surface area contributed by atoms with Crippen LogP contribution in [-0.4, -0.2) is 0 Å². The first-order valence-corrected chi connectivity index (χ1v) is 28.1. The minimum Gasteiger partial charge on any atom is -0.309 e. The van der Waals surface area contributed by atoms with Crippen molar-refractivity contribution in [3.8, 4) is 0 Å². The Hall–Kier alpha value is -6.70. The second kappa shape index (κ2) is 23.2. The molecule has 0 saturated heterocycles. The Labute approximate surface area is 442 Å². The summed E-state index contributed by atoms with van der Waals surface area (Å²) >= 11 is 24.6. The Balaban J connectivity index is 0.000000178. The molecule has 10 aromatic carbocycles. The first-order chi connectivity index (χ1) is 35.1. The van der Waals surface area contributed by atoms with E-state index in [-0.39, 0.29) is 0 Å². The standard InChI is InChI=1S/2C32H23Cl2OP/c2*33-27-17-13-25(14-18-27)32(26-15-19-28(34)20-16-26)23-24-11-21-31(22-12-24)36(35,29-7-3-1-4-8-29)30-9-5-2-6-10-30/h2*1-23H. The van der Waals surface area contributed by atoms with Crippen molar-refractivity contribution >= 4 is 116 Å². The van der Waals surface area contributed by atoms with Crippen LogP contribution in [-0.2, 0) is 9.13 Å². The van der Waals surface area contributed by atoms with Crippen molar-refractivity contribution in [1.82, 2.24) is 0 Å². The van der Waals surface area contributed by atoms with Crippen LogP contribution < -0.4 is 31.8 Å². The summed E-state index contributed by atoms with van der Waals surface area (Å²) in [6.07, 6.45) is 4.26. The molecule has 0 radical (unpaired) electrons. The van der Waals surface area contributed by atoms with Crippen molar-refractivity contribution in [3.05, 3.63) is 320 Å². The van der Waals surface area contributed by atoms with Crippen molar-refractivity contribution in [2.45, 2.75) is 0 Å². The van der Waals surface area contributed by atoms with Crippen LogP contribution in [0.3, 0.4) is 0 Å². The van der Waals surface area contributed by atoms with Gasteiger partial charge in [-0.05, 0) is 105 Å². The highest BCUT2D eigenvalue weighted by Gasteiger charge is 2.30. The Morgan fingerprint density at radius 1 is 0.250 bits per heavy atom. The van der Waals surface area contributed by atoms with E-state index in [2.05, 4.69) is 12.2 Å². The molecule has 0 aliphatic heterocycles. The number of halogens is 4. The molecule has 0 aromatic heterocycles. The van der Waals surface area contributed by atoms with E-state index in [1.54, 1.807) is 0 Å². The molecule has 0 atom stereocenters. The number of benzene rings is 10. The Morgan fingerprint density at radius 2 is 0.444 bits per heavy atom. The lowest BCUT2D eigenvalue weighted by molar-refractivity contribution is 0.591. The third-order valence-electron chi connectivity index (χ3n) is 12.2. The Kier molecular flexibility index (Phi) is 16.2. The molecule has 352 valence electrons. The molecule has 0 aliphatic rings. The van der Waals surface area contributed by atoms with Crippen molar-refractivity contribution in [2.75, 3.05) is 0 Å². The van der Waals surface area contributed by atoms with Crippen molar-refractivity contribution in [3.63, 3.8) is 0 Å². The SMILES string of the molecule is O=P(c1ccccc1)(c1ccccc1)c1ccc(C=C(c2ccc(Cl)cc2)c2ccc(Cl)cc2)cc1.O=P(c1ccccc1)(c1ccccc1)c1ccc(C=C(c2ccc(Cl)cc2)c2ccc(Cl)cc2)cc1. The molecule has 0 N–H and O–H groups in total. The van der Waals surface area contributed by atoms with Gasteiger partial charge in [0.05, 0.1) is 0 Å². The summed E-state index contributed by atoms with van der Waals surface area (Å²) in [5, 5.41) is 7.66. The minimum absolute atomic E-state index is 0.691. The van der Waals surface area contributed by atoms with E-state index in [0.29, 0.717) is 20.1 Å². The zero-order valence-electron chi connectivity index (χ0n) is 38.8. The van der Waals surface area contributed by atoms with Crippen molar-refractivity contribution in [1.29, 1.82) is 0 Å². The summed E-state index contributed by atoms with van der Waals surface area (Å²) in [7, 11) is -6.02. The fourth-order valence-corrected chi connectivity index (χ4v) is 14.3. The van der Waals surface area contributed by atoms with Gasteiger partial charge in [0.15, 0.2) is 14.3 Å². The summed E-state index contributed by atoms with van der Waals surface area (Å²) in [5.74, 6) is 0. The second-order valence-electron chi connectivity index (χ2n) is 16.9.